The van der Waals surface area contributed by atoms with Gasteiger partial charge in [-0.2, -0.15) is 0 Å². The summed E-state index contributed by atoms with van der Waals surface area (Å²) in [7, 11) is 0. The minimum atomic E-state index is -1.27. The molecule has 2 atom stereocenters. The van der Waals surface area contributed by atoms with Crippen LogP contribution in [0.4, 0.5) is 0 Å². The van der Waals surface area contributed by atoms with E-state index >= 15 is 0 Å². The largest absolute Gasteiger partial charge is 0.358 e. The SMILES string of the molecule is CC1(C)O[C@@H](C(OCc2ccccc2)(c2ccc3ccccc3c2)c2ccc3ccccc3c2)[C@H](C(OCc2ccccc2)(c2ccc3ccccc3c2)c2ccc3ccccc3c2)O1. The monoisotopic (exact) mass is 846 g/mol. The first kappa shape index (κ1) is 40.8. The maximum Gasteiger partial charge on any atom is 0.164 e. The zero-order valence-corrected chi connectivity index (χ0v) is 36.6. The quantitative estimate of drug-likeness (QED) is 0.123. The molecule has 11 rings (SSSR count). The first-order valence-electron chi connectivity index (χ1n) is 22.6. The third-order valence-corrected chi connectivity index (χ3v) is 13.2. The van der Waals surface area contributed by atoms with Crippen molar-refractivity contribution in [3.63, 3.8) is 0 Å². The van der Waals surface area contributed by atoms with Crippen molar-refractivity contribution < 1.29 is 18.9 Å². The van der Waals surface area contributed by atoms with E-state index in [4.69, 9.17) is 18.9 Å². The number of hydrogen-bond donors (Lipinski definition) is 0. The number of ether oxygens (including phenoxy) is 4. The lowest BCUT2D eigenvalue weighted by molar-refractivity contribution is -0.182. The van der Waals surface area contributed by atoms with Gasteiger partial charge in [0, 0.05) is 0 Å². The average molecular weight is 847 g/mol. The summed E-state index contributed by atoms with van der Waals surface area (Å²) in [5.74, 6) is -1.08. The number of benzene rings is 10. The van der Waals surface area contributed by atoms with Crippen molar-refractivity contribution in [2.75, 3.05) is 0 Å². The average Bonchev–Trinajstić information content (AvgIpc) is 3.70. The Kier molecular flexibility index (Phi) is 10.6. The van der Waals surface area contributed by atoms with Gasteiger partial charge in [-0.25, -0.2) is 0 Å². The number of rotatable bonds is 12. The molecule has 1 aliphatic rings. The zero-order valence-electron chi connectivity index (χ0n) is 36.6. The highest BCUT2D eigenvalue weighted by molar-refractivity contribution is 5.87. The Bertz CT molecular complexity index is 2910. The highest BCUT2D eigenvalue weighted by Gasteiger charge is 2.63. The maximum absolute atomic E-state index is 7.80. The second-order valence-electron chi connectivity index (χ2n) is 17.7. The standard InChI is InChI=1S/C61H50O4/c1-59(2)64-57(60(62-41-43-17-5-3-6-18-43,53-33-29-45-21-9-13-25-49(45)37-53)54-34-30-46-22-10-14-26-50(46)38-54)58(65-59)61(63-42-44-19-7-4-8-20-44,55-35-31-47-23-11-15-27-51(47)39-55)56-36-32-48-24-12-16-28-52(48)40-56/h3-40,57-58H,41-42H2,1-2H3/t57-,58-/m1/s1. The lowest BCUT2D eigenvalue weighted by Gasteiger charge is -2.47. The highest BCUT2D eigenvalue weighted by atomic mass is 16.8. The van der Waals surface area contributed by atoms with Crippen LogP contribution in [0.25, 0.3) is 43.1 Å². The van der Waals surface area contributed by atoms with Gasteiger partial charge in [0.1, 0.15) is 23.4 Å². The van der Waals surface area contributed by atoms with Crippen molar-refractivity contribution in [1.29, 1.82) is 0 Å². The Morgan fingerprint density at radius 3 is 0.892 bits per heavy atom. The van der Waals surface area contributed by atoms with Crippen molar-refractivity contribution in [3.05, 3.63) is 264 Å². The molecular weight excluding hydrogens is 797 g/mol. The molecule has 1 saturated heterocycles. The van der Waals surface area contributed by atoms with Gasteiger partial charge in [-0.05, 0) is 115 Å². The Balaban J connectivity index is 1.24. The van der Waals surface area contributed by atoms with E-state index in [9.17, 15) is 0 Å². The number of fused-ring (bicyclic) bond motifs is 4. The second kappa shape index (κ2) is 16.9. The van der Waals surface area contributed by atoms with Crippen LogP contribution in [0.15, 0.2) is 231 Å². The van der Waals surface area contributed by atoms with Crippen molar-refractivity contribution in [3.8, 4) is 0 Å². The van der Waals surface area contributed by atoms with Gasteiger partial charge in [0.15, 0.2) is 5.79 Å². The molecule has 4 nitrogen and oxygen atoms in total. The van der Waals surface area contributed by atoms with Crippen LogP contribution in [0.1, 0.15) is 47.2 Å². The van der Waals surface area contributed by atoms with E-state index in [0.717, 1.165) is 76.5 Å². The molecule has 318 valence electrons. The van der Waals surface area contributed by atoms with Crippen LogP contribution in [-0.4, -0.2) is 18.0 Å². The Hall–Kier alpha value is -6.92. The third-order valence-electron chi connectivity index (χ3n) is 13.2. The summed E-state index contributed by atoms with van der Waals surface area (Å²) in [4.78, 5) is 0. The first-order valence-corrected chi connectivity index (χ1v) is 22.6. The molecule has 0 amide bonds. The van der Waals surface area contributed by atoms with E-state index in [2.05, 4.69) is 218 Å². The molecule has 1 fully saturated rings. The summed E-state index contributed by atoms with van der Waals surface area (Å²) < 4.78 is 30.8. The Labute approximate surface area is 380 Å². The molecular formula is C61H50O4. The highest BCUT2D eigenvalue weighted by Crippen LogP contribution is 2.55. The molecule has 0 radical (unpaired) electrons. The minimum absolute atomic E-state index is 0.303. The van der Waals surface area contributed by atoms with Gasteiger partial charge in [0.2, 0.25) is 0 Å². The summed E-state index contributed by atoms with van der Waals surface area (Å²) >= 11 is 0. The lowest BCUT2D eigenvalue weighted by Crippen LogP contribution is -2.56. The topological polar surface area (TPSA) is 36.9 Å². The lowest BCUT2D eigenvalue weighted by atomic mass is 9.70. The molecule has 1 heterocycles. The molecule has 0 bridgehead atoms. The van der Waals surface area contributed by atoms with Crippen molar-refractivity contribution in [2.24, 2.45) is 0 Å². The molecule has 0 saturated carbocycles. The predicted octanol–water partition coefficient (Wildman–Crippen LogP) is 14.4. The van der Waals surface area contributed by atoms with Gasteiger partial charge in [0.05, 0.1) is 13.2 Å². The van der Waals surface area contributed by atoms with E-state index in [1.165, 1.54) is 0 Å². The van der Waals surface area contributed by atoms with Crippen LogP contribution >= 0.6 is 0 Å². The minimum Gasteiger partial charge on any atom is -0.358 e. The Morgan fingerprint density at radius 2 is 0.600 bits per heavy atom. The summed E-state index contributed by atoms with van der Waals surface area (Å²) in [6, 6.07) is 81.7. The fraction of sp³-hybridized carbons (Fsp3) is 0.148. The molecule has 0 unspecified atom stereocenters. The van der Waals surface area contributed by atoms with E-state index in [-0.39, 0.29) is 0 Å². The van der Waals surface area contributed by atoms with Crippen LogP contribution in [0.2, 0.25) is 0 Å². The molecule has 10 aromatic carbocycles. The summed E-state index contributed by atoms with van der Waals surface area (Å²) in [6.07, 6.45) is -1.59. The molecule has 0 N–H and O–H groups in total. The van der Waals surface area contributed by atoms with Crippen LogP contribution in [-0.2, 0) is 43.4 Å². The van der Waals surface area contributed by atoms with E-state index in [1.54, 1.807) is 0 Å². The van der Waals surface area contributed by atoms with Gasteiger partial charge in [-0.15, -0.1) is 0 Å². The molecule has 0 spiro atoms. The van der Waals surface area contributed by atoms with Crippen LogP contribution in [0, 0.1) is 0 Å². The molecule has 1 aliphatic heterocycles. The van der Waals surface area contributed by atoms with E-state index in [1.807, 2.05) is 26.0 Å². The van der Waals surface area contributed by atoms with Crippen molar-refractivity contribution in [1.82, 2.24) is 0 Å². The fourth-order valence-corrected chi connectivity index (χ4v) is 10.1. The predicted molar refractivity (Wildman–Crippen MR) is 264 cm³/mol. The molecule has 0 aliphatic carbocycles. The normalized spacial score (nSPS) is 16.4. The van der Waals surface area contributed by atoms with Crippen LogP contribution in [0.3, 0.4) is 0 Å². The molecule has 0 aromatic heterocycles. The summed E-state index contributed by atoms with van der Waals surface area (Å²) in [5.41, 5.74) is 3.36. The van der Waals surface area contributed by atoms with E-state index < -0.39 is 29.2 Å². The molecule has 65 heavy (non-hydrogen) atoms. The van der Waals surface area contributed by atoms with Crippen LogP contribution in [0.5, 0.6) is 0 Å². The zero-order chi connectivity index (χ0) is 43.9. The van der Waals surface area contributed by atoms with Gasteiger partial charge in [0.25, 0.3) is 0 Å². The summed E-state index contributed by atoms with van der Waals surface area (Å²) in [6.45, 7) is 4.64. The molecule has 4 heteroatoms. The second-order valence-corrected chi connectivity index (χ2v) is 17.7. The smallest absolute Gasteiger partial charge is 0.164 e. The summed E-state index contributed by atoms with van der Waals surface area (Å²) in [5, 5.41) is 8.96. The third kappa shape index (κ3) is 7.59. The van der Waals surface area contributed by atoms with Gasteiger partial charge in [-0.1, -0.05) is 206 Å². The van der Waals surface area contributed by atoms with E-state index in [0.29, 0.717) is 13.2 Å². The van der Waals surface area contributed by atoms with Gasteiger partial charge >= 0.3 is 0 Å². The van der Waals surface area contributed by atoms with Crippen molar-refractivity contribution >= 4 is 43.1 Å². The first-order chi connectivity index (χ1) is 31.9. The fourth-order valence-electron chi connectivity index (χ4n) is 10.1. The van der Waals surface area contributed by atoms with Crippen molar-refractivity contribution in [2.45, 2.75) is 56.3 Å². The van der Waals surface area contributed by atoms with Gasteiger partial charge in [-0.3, -0.25) is 0 Å². The molecule has 10 aromatic rings. The number of hydrogen-bond acceptors (Lipinski definition) is 4. The Morgan fingerprint density at radius 1 is 0.338 bits per heavy atom. The van der Waals surface area contributed by atoms with Gasteiger partial charge < -0.3 is 18.9 Å². The maximum atomic E-state index is 7.80. The van der Waals surface area contributed by atoms with Crippen LogP contribution < -0.4 is 0 Å².